The summed E-state index contributed by atoms with van der Waals surface area (Å²) in [7, 11) is 0. The molecule has 0 aliphatic rings. The van der Waals surface area contributed by atoms with E-state index in [0.717, 1.165) is 12.8 Å². The van der Waals surface area contributed by atoms with Crippen LogP contribution in [0.2, 0.25) is 0 Å². The van der Waals surface area contributed by atoms with Gasteiger partial charge < -0.3 is 15.3 Å². The van der Waals surface area contributed by atoms with Gasteiger partial charge in [-0.25, -0.2) is 0 Å². The number of aliphatic hydroxyl groups excluding tert-OH is 3. The zero-order valence-electron chi connectivity index (χ0n) is 13.9. The Morgan fingerprint density at radius 2 is 1.14 bits per heavy atom. The van der Waals surface area contributed by atoms with Crippen LogP contribution in [0.1, 0.15) is 96.8 Å². The second-order valence-corrected chi connectivity index (χ2v) is 6.10. The molecule has 0 spiro atoms. The predicted molar refractivity (Wildman–Crippen MR) is 89.7 cm³/mol. The van der Waals surface area contributed by atoms with Crippen molar-refractivity contribution in [3.8, 4) is 0 Å². The molecule has 0 bridgehead atoms. The second-order valence-electron chi connectivity index (χ2n) is 6.10. The van der Waals surface area contributed by atoms with Crippen molar-refractivity contribution in [3.05, 3.63) is 12.0 Å². The van der Waals surface area contributed by atoms with Crippen LogP contribution in [-0.4, -0.2) is 21.4 Å². The molecule has 0 rings (SSSR count). The van der Waals surface area contributed by atoms with Crippen LogP contribution in [-0.2, 0) is 0 Å². The van der Waals surface area contributed by atoms with E-state index in [1.165, 1.54) is 70.6 Å². The van der Waals surface area contributed by atoms with Gasteiger partial charge in [0.05, 0.1) is 0 Å². The second kappa shape index (κ2) is 15.7. The lowest BCUT2D eigenvalue weighted by atomic mass is 10.0. The minimum atomic E-state index is -0.900. The average molecular weight is 300 g/mol. The maximum Gasteiger partial charge on any atom is 0.155 e. The van der Waals surface area contributed by atoms with Crippen LogP contribution in [0.3, 0.4) is 0 Å². The molecular formula is C18H36O3. The van der Waals surface area contributed by atoms with Gasteiger partial charge in [0.1, 0.15) is 12.4 Å². The molecule has 1 unspecified atom stereocenters. The Balaban J connectivity index is 3.12. The van der Waals surface area contributed by atoms with Gasteiger partial charge in [0.25, 0.3) is 0 Å². The van der Waals surface area contributed by atoms with Gasteiger partial charge in [-0.1, -0.05) is 90.4 Å². The van der Waals surface area contributed by atoms with E-state index in [2.05, 4.69) is 6.92 Å². The molecule has 3 N–H and O–H groups in total. The van der Waals surface area contributed by atoms with Crippen molar-refractivity contribution < 1.29 is 15.3 Å². The van der Waals surface area contributed by atoms with Gasteiger partial charge >= 0.3 is 0 Å². The van der Waals surface area contributed by atoms with Crippen molar-refractivity contribution in [1.82, 2.24) is 0 Å². The zero-order valence-corrected chi connectivity index (χ0v) is 13.9. The number of rotatable bonds is 15. The largest absolute Gasteiger partial charge is 0.512 e. The maximum absolute atomic E-state index is 9.42. The third-order valence-electron chi connectivity index (χ3n) is 4.05. The SMILES string of the molecule is CCCCCCCCCCCCCCCC(O)C(O)=CO. The number of hydrogen-bond acceptors (Lipinski definition) is 3. The molecule has 0 saturated carbocycles. The summed E-state index contributed by atoms with van der Waals surface area (Å²) in [5, 5.41) is 27.0. The van der Waals surface area contributed by atoms with Crippen LogP contribution in [0.4, 0.5) is 0 Å². The minimum Gasteiger partial charge on any atom is -0.512 e. The fraction of sp³-hybridized carbons (Fsp3) is 0.889. The summed E-state index contributed by atoms with van der Waals surface area (Å²) in [5.41, 5.74) is 0. The van der Waals surface area contributed by atoms with E-state index in [1.54, 1.807) is 0 Å². The molecule has 0 aliphatic heterocycles. The number of unbranched alkanes of at least 4 members (excludes halogenated alkanes) is 12. The van der Waals surface area contributed by atoms with E-state index < -0.39 is 6.10 Å². The molecule has 0 aromatic heterocycles. The molecule has 1 atom stereocenters. The molecule has 3 nitrogen and oxygen atoms in total. The minimum absolute atomic E-state index is 0.325. The molecule has 3 heteroatoms. The Labute approximate surface area is 131 Å². The molecular weight excluding hydrogens is 264 g/mol. The van der Waals surface area contributed by atoms with Gasteiger partial charge in [-0.2, -0.15) is 0 Å². The van der Waals surface area contributed by atoms with E-state index in [1.807, 2.05) is 0 Å². The average Bonchev–Trinajstić information content (AvgIpc) is 2.50. The predicted octanol–water partition coefficient (Wildman–Crippen LogP) is 5.79. The van der Waals surface area contributed by atoms with Crippen LogP contribution in [0.5, 0.6) is 0 Å². The molecule has 126 valence electrons. The van der Waals surface area contributed by atoms with Crippen LogP contribution >= 0.6 is 0 Å². The molecule has 0 aliphatic carbocycles. The standard InChI is InChI=1S/C18H36O3/c1-2-3-4-5-6-7-8-9-10-11-12-13-14-15-17(20)18(21)16-19/h16-17,19-21H,2-15H2,1H3. The van der Waals surface area contributed by atoms with Gasteiger partial charge in [0.2, 0.25) is 0 Å². The highest BCUT2D eigenvalue weighted by Crippen LogP contribution is 2.14. The first-order valence-corrected chi connectivity index (χ1v) is 8.93. The Morgan fingerprint density at radius 1 is 0.762 bits per heavy atom. The lowest BCUT2D eigenvalue weighted by Crippen LogP contribution is -2.09. The molecule has 0 aromatic carbocycles. The number of hydrogen-bond donors (Lipinski definition) is 3. The summed E-state index contributed by atoms with van der Waals surface area (Å²) in [5.74, 6) is -0.325. The van der Waals surface area contributed by atoms with E-state index in [0.29, 0.717) is 12.7 Å². The highest BCUT2D eigenvalue weighted by atomic mass is 16.3. The van der Waals surface area contributed by atoms with Crippen molar-refractivity contribution in [1.29, 1.82) is 0 Å². The van der Waals surface area contributed by atoms with Crippen molar-refractivity contribution in [2.45, 2.75) is 103 Å². The Bertz CT molecular complexity index is 239. The Hall–Kier alpha value is -0.700. The van der Waals surface area contributed by atoms with E-state index in [9.17, 15) is 5.11 Å². The molecule has 0 amide bonds. The smallest absolute Gasteiger partial charge is 0.155 e. The molecule has 0 aromatic rings. The summed E-state index contributed by atoms with van der Waals surface area (Å²) in [4.78, 5) is 0. The molecule has 0 saturated heterocycles. The lowest BCUT2D eigenvalue weighted by molar-refractivity contribution is 0.134. The highest BCUT2D eigenvalue weighted by Gasteiger charge is 2.08. The van der Waals surface area contributed by atoms with Crippen molar-refractivity contribution in [2.24, 2.45) is 0 Å². The van der Waals surface area contributed by atoms with Crippen LogP contribution in [0.25, 0.3) is 0 Å². The summed E-state index contributed by atoms with van der Waals surface area (Å²) in [6.45, 7) is 2.26. The van der Waals surface area contributed by atoms with Gasteiger partial charge in [-0.15, -0.1) is 0 Å². The monoisotopic (exact) mass is 300 g/mol. The van der Waals surface area contributed by atoms with Gasteiger partial charge in [-0.3, -0.25) is 0 Å². The van der Waals surface area contributed by atoms with Gasteiger partial charge in [0, 0.05) is 0 Å². The summed E-state index contributed by atoms with van der Waals surface area (Å²) >= 11 is 0. The quantitative estimate of drug-likeness (QED) is 0.265. The van der Waals surface area contributed by atoms with E-state index in [4.69, 9.17) is 10.2 Å². The topological polar surface area (TPSA) is 60.7 Å². The third kappa shape index (κ3) is 14.0. The fourth-order valence-corrected chi connectivity index (χ4v) is 2.59. The first kappa shape index (κ1) is 20.3. The zero-order chi connectivity index (χ0) is 15.8. The van der Waals surface area contributed by atoms with E-state index >= 15 is 0 Å². The fourth-order valence-electron chi connectivity index (χ4n) is 2.59. The normalized spacial score (nSPS) is 13.5. The maximum atomic E-state index is 9.42. The van der Waals surface area contributed by atoms with Crippen molar-refractivity contribution >= 4 is 0 Å². The van der Waals surface area contributed by atoms with Crippen LogP contribution in [0.15, 0.2) is 12.0 Å². The third-order valence-corrected chi connectivity index (χ3v) is 4.05. The Kier molecular flexibility index (Phi) is 15.2. The van der Waals surface area contributed by atoms with E-state index in [-0.39, 0.29) is 5.76 Å². The van der Waals surface area contributed by atoms with Crippen LogP contribution in [0, 0.1) is 0 Å². The van der Waals surface area contributed by atoms with Gasteiger partial charge in [0.15, 0.2) is 5.76 Å². The highest BCUT2D eigenvalue weighted by molar-refractivity contribution is 4.91. The lowest BCUT2D eigenvalue weighted by Gasteiger charge is -2.08. The molecule has 0 heterocycles. The summed E-state index contributed by atoms with van der Waals surface area (Å²) in [6.07, 6.45) is 17.0. The van der Waals surface area contributed by atoms with Gasteiger partial charge in [-0.05, 0) is 6.42 Å². The molecule has 0 radical (unpaired) electrons. The summed E-state index contributed by atoms with van der Waals surface area (Å²) < 4.78 is 0. The molecule has 0 fully saturated rings. The van der Waals surface area contributed by atoms with Crippen LogP contribution < -0.4 is 0 Å². The summed E-state index contributed by atoms with van der Waals surface area (Å²) in [6, 6.07) is 0. The first-order valence-electron chi connectivity index (χ1n) is 8.93. The Morgan fingerprint density at radius 3 is 1.52 bits per heavy atom. The van der Waals surface area contributed by atoms with Crippen molar-refractivity contribution in [3.63, 3.8) is 0 Å². The number of aliphatic hydroxyl groups is 3. The first-order chi connectivity index (χ1) is 10.2. The van der Waals surface area contributed by atoms with Crippen molar-refractivity contribution in [2.75, 3.05) is 0 Å². The molecule has 21 heavy (non-hydrogen) atoms.